The van der Waals surface area contributed by atoms with Gasteiger partial charge in [0.05, 0.1) is 6.42 Å². The van der Waals surface area contributed by atoms with Gasteiger partial charge in [0.25, 0.3) is 0 Å². The van der Waals surface area contributed by atoms with Crippen molar-refractivity contribution in [3.05, 3.63) is 36.0 Å². The van der Waals surface area contributed by atoms with Crippen molar-refractivity contribution >= 4 is 22.5 Å². The number of aryl methyl sites for hydroxylation is 1. The normalized spacial score (nSPS) is 10.6. The topological polar surface area (TPSA) is 39.1 Å². The Morgan fingerprint density at radius 2 is 1.94 bits per heavy atom. The zero-order valence-electron chi connectivity index (χ0n) is 9.36. The molecule has 2 rings (SSSR count). The first-order valence-electron chi connectivity index (χ1n) is 5.16. The molecule has 1 aromatic heterocycles. The molecular formula is C13H13NO2. The monoisotopic (exact) mass is 215 g/mol. The Kier molecular flexibility index (Phi) is 2.60. The number of hydrogen-bond donors (Lipinski definition) is 0. The van der Waals surface area contributed by atoms with E-state index in [0.717, 1.165) is 10.9 Å². The molecule has 1 aromatic carbocycles. The van der Waals surface area contributed by atoms with Crippen molar-refractivity contribution in [3.8, 4) is 0 Å². The van der Waals surface area contributed by atoms with Gasteiger partial charge in [-0.15, -0.1) is 0 Å². The van der Waals surface area contributed by atoms with Crippen LogP contribution in [0.2, 0.25) is 0 Å². The van der Waals surface area contributed by atoms with Crippen LogP contribution in [0.4, 0.5) is 0 Å². The molecule has 2 aromatic rings. The summed E-state index contributed by atoms with van der Waals surface area (Å²) in [6, 6.07) is 7.69. The molecule has 0 spiro atoms. The molecule has 0 bridgehead atoms. The predicted molar refractivity (Wildman–Crippen MR) is 62.5 cm³/mol. The Hall–Kier alpha value is -1.90. The fourth-order valence-electron chi connectivity index (χ4n) is 1.89. The highest BCUT2D eigenvalue weighted by Gasteiger charge is 2.14. The molecule has 16 heavy (non-hydrogen) atoms. The van der Waals surface area contributed by atoms with Crippen LogP contribution in [-0.2, 0) is 11.8 Å². The third-order valence-electron chi connectivity index (χ3n) is 2.61. The van der Waals surface area contributed by atoms with Crippen LogP contribution in [0.5, 0.6) is 0 Å². The Morgan fingerprint density at radius 3 is 2.62 bits per heavy atom. The van der Waals surface area contributed by atoms with Crippen molar-refractivity contribution in [1.82, 2.24) is 4.57 Å². The van der Waals surface area contributed by atoms with Crippen LogP contribution in [-0.4, -0.2) is 16.1 Å². The van der Waals surface area contributed by atoms with Gasteiger partial charge in [0.1, 0.15) is 5.78 Å². The lowest BCUT2D eigenvalue weighted by atomic mass is 10.1. The molecule has 0 atom stereocenters. The SMILES string of the molecule is CC(=O)CC(=O)c1cn(C)c2ccccc12. The third-order valence-corrected chi connectivity index (χ3v) is 2.61. The highest BCUT2D eigenvalue weighted by molar-refractivity contribution is 6.14. The van der Waals surface area contributed by atoms with Crippen LogP contribution in [0.15, 0.2) is 30.5 Å². The van der Waals surface area contributed by atoms with Crippen LogP contribution >= 0.6 is 0 Å². The van der Waals surface area contributed by atoms with Crippen molar-refractivity contribution < 1.29 is 9.59 Å². The minimum Gasteiger partial charge on any atom is -0.350 e. The standard InChI is InChI=1S/C13H13NO2/c1-9(15)7-13(16)11-8-14(2)12-6-4-3-5-10(11)12/h3-6,8H,7H2,1-2H3. The number of hydrogen-bond acceptors (Lipinski definition) is 2. The maximum absolute atomic E-state index is 11.8. The first-order chi connectivity index (χ1) is 7.59. The largest absolute Gasteiger partial charge is 0.350 e. The summed E-state index contributed by atoms with van der Waals surface area (Å²) in [6.07, 6.45) is 1.77. The molecule has 82 valence electrons. The Morgan fingerprint density at radius 1 is 1.25 bits per heavy atom. The lowest BCUT2D eigenvalue weighted by Gasteiger charge is -1.95. The van der Waals surface area contributed by atoms with Gasteiger partial charge in [-0.05, 0) is 13.0 Å². The van der Waals surface area contributed by atoms with Crippen molar-refractivity contribution in [1.29, 1.82) is 0 Å². The van der Waals surface area contributed by atoms with E-state index < -0.39 is 0 Å². The van der Waals surface area contributed by atoms with Gasteiger partial charge >= 0.3 is 0 Å². The van der Waals surface area contributed by atoms with Crippen LogP contribution in [0, 0.1) is 0 Å². The minimum absolute atomic E-state index is 0.0198. The Bertz CT molecular complexity index is 566. The van der Waals surface area contributed by atoms with Crippen LogP contribution < -0.4 is 0 Å². The summed E-state index contributed by atoms with van der Waals surface area (Å²) in [5.74, 6) is -0.206. The van der Waals surface area contributed by atoms with E-state index in [1.54, 1.807) is 6.20 Å². The maximum atomic E-state index is 11.8. The van der Waals surface area contributed by atoms with Gasteiger partial charge in [0.2, 0.25) is 0 Å². The molecule has 0 radical (unpaired) electrons. The number of carbonyl (C=O) groups is 2. The molecule has 0 amide bonds. The van der Waals surface area contributed by atoms with E-state index in [2.05, 4.69) is 0 Å². The molecule has 0 unspecified atom stereocenters. The second-order valence-corrected chi connectivity index (χ2v) is 3.97. The quantitative estimate of drug-likeness (QED) is 0.582. The van der Waals surface area contributed by atoms with Crippen LogP contribution in [0.3, 0.4) is 0 Å². The number of ketones is 2. The van der Waals surface area contributed by atoms with Crippen molar-refractivity contribution in [2.45, 2.75) is 13.3 Å². The predicted octanol–water partition coefficient (Wildman–Crippen LogP) is 2.34. The lowest BCUT2D eigenvalue weighted by molar-refractivity contribution is -0.116. The highest BCUT2D eigenvalue weighted by atomic mass is 16.1. The molecule has 0 aliphatic carbocycles. The summed E-state index contributed by atoms with van der Waals surface area (Å²) in [6.45, 7) is 1.43. The summed E-state index contributed by atoms with van der Waals surface area (Å²) < 4.78 is 1.91. The molecule has 0 fully saturated rings. The van der Waals surface area contributed by atoms with Crippen molar-refractivity contribution in [2.75, 3.05) is 0 Å². The summed E-state index contributed by atoms with van der Waals surface area (Å²) in [7, 11) is 1.90. The lowest BCUT2D eigenvalue weighted by Crippen LogP contribution is -2.04. The smallest absolute Gasteiger partial charge is 0.172 e. The summed E-state index contributed by atoms with van der Waals surface area (Å²) in [4.78, 5) is 22.8. The zero-order valence-corrected chi connectivity index (χ0v) is 9.36. The zero-order chi connectivity index (χ0) is 11.7. The molecule has 0 aliphatic heterocycles. The second-order valence-electron chi connectivity index (χ2n) is 3.97. The number of fused-ring (bicyclic) bond motifs is 1. The van der Waals surface area contributed by atoms with E-state index in [1.807, 2.05) is 35.9 Å². The fraction of sp³-hybridized carbons (Fsp3) is 0.231. The second kappa shape index (κ2) is 3.93. The van der Waals surface area contributed by atoms with E-state index >= 15 is 0 Å². The average molecular weight is 215 g/mol. The first-order valence-corrected chi connectivity index (χ1v) is 5.16. The van der Waals surface area contributed by atoms with E-state index in [-0.39, 0.29) is 18.0 Å². The maximum Gasteiger partial charge on any atom is 0.172 e. The molecule has 0 saturated heterocycles. The molecule has 1 heterocycles. The van der Waals surface area contributed by atoms with Crippen molar-refractivity contribution in [2.24, 2.45) is 7.05 Å². The Balaban J connectivity index is 2.53. The summed E-state index contributed by atoms with van der Waals surface area (Å²) >= 11 is 0. The minimum atomic E-state index is -0.107. The highest BCUT2D eigenvalue weighted by Crippen LogP contribution is 2.21. The number of rotatable bonds is 3. The van der Waals surface area contributed by atoms with E-state index in [9.17, 15) is 9.59 Å². The fourth-order valence-corrected chi connectivity index (χ4v) is 1.89. The number of aromatic nitrogens is 1. The van der Waals surface area contributed by atoms with Gasteiger partial charge in [0.15, 0.2) is 5.78 Å². The summed E-state index contributed by atoms with van der Waals surface area (Å²) in [5.41, 5.74) is 1.64. The van der Waals surface area contributed by atoms with Gasteiger partial charge in [-0.2, -0.15) is 0 Å². The average Bonchev–Trinajstić information content (AvgIpc) is 2.56. The molecular weight excluding hydrogens is 202 g/mol. The molecule has 3 heteroatoms. The third kappa shape index (κ3) is 1.76. The van der Waals surface area contributed by atoms with Gasteiger partial charge in [-0.1, -0.05) is 18.2 Å². The van der Waals surface area contributed by atoms with Crippen molar-refractivity contribution in [3.63, 3.8) is 0 Å². The Labute approximate surface area is 93.7 Å². The number of Topliss-reactive ketones (excluding diaryl/α,β-unsaturated/α-hetero) is 2. The molecule has 0 saturated carbocycles. The number of para-hydroxylation sites is 1. The first kappa shape index (κ1) is 10.6. The van der Waals surface area contributed by atoms with Gasteiger partial charge in [0, 0.05) is 29.7 Å². The van der Waals surface area contributed by atoms with E-state index in [0.29, 0.717) is 5.56 Å². The van der Waals surface area contributed by atoms with Crippen LogP contribution in [0.25, 0.3) is 10.9 Å². The van der Waals surface area contributed by atoms with Gasteiger partial charge in [-0.25, -0.2) is 0 Å². The molecule has 3 nitrogen and oxygen atoms in total. The van der Waals surface area contributed by atoms with Crippen LogP contribution in [0.1, 0.15) is 23.7 Å². The number of nitrogens with zero attached hydrogens (tertiary/aromatic N) is 1. The summed E-state index contributed by atoms with van der Waals surface area (Å²) in [5, 5.41) is 0.913. The van der Waals surface area contributed by atoms with E-state index in [4.69, 9.17) is 0 Å². The van der Waals surface area contributed by atoms with E-state index in [1.165, 1.54) is 6.92 Å². The number of carbonyl (C=O) groups excluding carboxylic acids is 2. The van der Waals surface area contributed by atoms with Gasteiger partial charge < -0.3 is 4.57 Å². The molecule has 0 N–H and O–H groups in total. The number of benzene rings is 1. The van der Waals surface area contributed by atoms with Gasteiger partial charge in [-0.3, -0.25) is 9.59 Å². The molecule has 0 aliphatic rings.